The molecule has 0 saturated carbocycles. The third-order valence-electron chi connectivity index (χ3n) is 6.58. The third kappa shape index (κ3) is 6.92. The Bertz CT molecular complexity index is 457. The predicted octanol–water partition coefficient (Wildman–Crippen LogP) is 5.63. The van der Waals surface area contributed by atoms with Gasteiger partial charge >= 0.3 is 11.9 Å². The van der Waals surface area contributed by atoms with Crippen LogP contribution in [-0.4, -0.2) is 25.2 Å². The van der Waals surface area contributed by atoms with Crippen molar-refractivity contribution in [1.29, 1.82) is 0 Å². The number of carbonyl (C=O) groups is 2. The van der Waals surface area contributed by atoms with Crippen LogP contribution in [0.4, 0.5) is 0 Å². The molecule has 0 atom stereocenters. The normalized spacial score (nSPS) is 13.2. The maximum Gasteiger partial charge on any atom is 0.312 e. The molecular formula is C22H42O4. The average Bonchev–Trinajstić information content (AvgIpc) is 2.55. The minimum absolute atomic E-state index is 0.0785. The monoisotopic (exact) mass is 370 g/mol. The summed E-state index contributed by atoms with van der Waals surface area (Å²) in [4.78, 5) is 25.2. The molecule has 26 heavy (non-hydrogen) atoms. The Kier molecular flexibility index (Phi) is 9.36. The fourth-order valence-electron chi connectivity index (χ4n) is 2.19. The minimum Gasteiger partial charge on any atom is -0.465 e. The molecule has 0 aliphatic heterocycles. The van der Waals surface area contributed by atoms with Crippen LogP contribution in [0.25, 0.3) is 0 Å². The molecule has 0 heterocycles. The van der Waals surface area contributed by atoms with Crippen molar-refractivity contribution in [2.45, 2.75) is 88.5 Å². The standard InChI is InChI=1S/C22H42O4/c1-11-22(12-2,19(24)26-15-21(9,10)17(5)6)13-18(23)25-14-20(7,8)16(3)4/h16-17H,11-15H2,1-10H3. The van der Waals surface area contributed by atoms with Crippen LogP contribution in [0.1, 0.15) is 88.5 Å². The average molecular weight is 371 g/mol. The predicted molar refractivity (Wildman–Crippen MR) is 107 cm³/mol. The van der Waals surface area contributed by atoms with Crippen molar-refractivity contribution in [2.24, 2.45) is 28.1 Å². The molecule has 0 rings (SSSR count). The molecule has 0 unspecified atom stereocenters. The third-order valence-corrected chi connectivity index (χ3v) is 6.58. The zero-order chi connectivity index (χ0) is 20.8. The van der Waals surface area contributed by atoms with Gasteiger partial charge in [0.05, 0.1) is 25.0 Å². The molecule has 0 fully saturated rings. The van der Waals surface area contributed by atoms with Crippen LogP contribution in [0.5, 0.6) is 0 Å². The summed E-state index contributed by atoms with van der Waals surface area (Å²) in [5.41, 5.74) is -0.977. The number of rotatable bonds is 11. The summed E-state index contributed by atoms with van der Waals surface area (Å²) in [6.45, 7) is 21.4. The van der Waals surface area contributed by atoms with Crippen LogP contribution >= 0.6 is 0 Å². The van der Waals surface area contributed by atoms with Crippen molar-refractivity contribution >= 4 is 11.9 Å². The van der Waals surface area contributed by atoms with E-state index in [1.54, 1.807) is 0 Å². The molecule has 0 N–H and O–H groups in total. The number of ether oxygens (including phenoxy) is 2. The van der Waals surface area contributed by atoms with E-state index in [2.05, 4.69) is 55.4 Å². The van der Waals surface area contributed by atoms with E-state index in [0.29, 0.717) is 37.9 Å². The summed E-state index contributed by atoms with van der Waals surface area (Å²) in [6.07, 6.45) is 1.20. The first kappa shape index (κ1) is 24.9. The molecule has 0 saturated heterocycles. The van der Waals surface area contributed by atoms with Crippen molar-refractivity contribution in [2.75, 3.05) is 13.2 Å². The van der Waals surface area contributed by atoms with Crippen LogP contribution in [0.15, 0.2) is 0 Å². The van der Waals surface area contributed by atoms with E-state index < -0.39 is 5.41 Å². The van der Waals surface area contributed by atoms with E-state index in [-0.39, 0.29) is 29.2 Å². The molecule has 0 aromatic rings. The quantitative estimate of drug-likeness (QED) is 0.442. The molecule has 0 amide bonds. The van der Waals surface area contributed by atoms with Gasteiger partial charge in [-0.05, 0) is 24.7 Å². The van der Waals surface area contributed by atoms with Gasteiger partial charge in [0.15, 0.2) is 0 Å². The Morgan fingerprint density at radius 2 is 1.15 bits per heavy atom. The lowest BCUT2D eigenvalue weighted by atomic mass is 9.78. The van der Waals surface area contributed by atoms with Crippen molar-refractivity contribution in [1.82, 2.24) is 0 Å². The molecule has 154 valence electrons. The molecule has 0 aliphatic carbocycles. The maximum atomic E-state index is 12.8. The molecular weight excluding hydrogens is 328 g/mol. The number of hydrogen-bond acceptors (Lipinski definition) is 4. The van der Waals surface area contributed by atoms with E-state index >= 15 is 0 Å². The Morgan fingerprint density at radius 1 is 0.769 bits per heavy atom. The highest BCUT2D eigenvalue weighted by Gasteiger charge is 2.40. The zero-order valence-electron chi connectivity index (χ0n) is 18.8. The zero-order valence-corrected chi connectivity index (χ0v) is 18.8. The summed E-state index contributed by atoms with van der Waals surface area (Å²) in [6, 6.07) is 0. The van der Waals surface area contributed by atoms with E-state index in [9.17, 15) is 9.59 Å². The smallest absolute Gasteiger partial charge is 0.312 e. The molecule has 0 spiro atoms. The van der Waals surface area contributed by atoms with Gasteiger partial charge in [-0.25, -0.2) is 0 Å². The largest absolute Gasteiger partial charge is 0.465 e. The minimum atomic E-state index is -0.799. The maximum absolute atomic E-state index is 12.8. The lowest BCUT2D eigenvalue weighted by molar-refractivity contribution is -0.167. The molecule has 4 heteroatoms. The number of hydrogen-bond donors (Lipinski definition) is 0. The van der Waals surface area contributed by atoms with Gasteiger partial charge in [-0.2, -0.15) is 0 Å². The van der Waals surface area contributed by atoms with Crippen LogP contribution < -0.4 is 0 Å². The second-order valence-corrected chi connectivity index (χ2v) is 9.69. The fraction of sp³-hybridized carbons (Fsp3) is 0.909. The lowest BCUT2D eigenvalue weighted by Crippen LogP contribution is -2.38. The van der Waals surface area contributed by atoms with Gasteiger partial charge in [-0.3, -0.25) is 9.59 Å². The first-order chi connectivity index (χ1) is 11.7. The Labute approximate surface area is 161 Å². The Morgan fingerprint density at radius 3 is 1.50 bits per heavy atom. The molecule has 0 aromatic heterocycles. The molecule has 0 bridgehead atoms. The summed E-state index contributed by atoms with van der Waals surface area (Å²) < 4.78 is 11.2. The van der Waals surface area contributed by atoms with E-state index in [1.165, 1.54) is 0 Å². The molecule has 0 aromatic carbocycles. The van der Waals surface area contributed by atoms with Gasteiger partial charge in [-0.15, -0.1) is 0 Å². The van der Waals surface area contributed by atoms with Gasteiger partial charge < -0.3 is 9.47 Å². The van der Waals surface area contributed by atoms with Gasteiger partial charge in [0.1, 0.15) is 0 Å². The van der Waals surface area contributed by atoms with Gasteiger partial charge in [0, 0.05) is 10.8 Å². The molecule has 0 radical (unpaired) electrons. The SMILES string of the molecule is CCC(CC)(CC(=O)OCC(C)(C)C(C)C)C(=O)OCC(C)(C)C(C)C. The van der Waals surface area contributed by atoms with E-state index in [4.69, 9.17) is 9.47 Å². The van der Waals surface area contributed by atoms with E-state index in [1.807, 2.05) is 13.8 Å². The first-order valence-electron chi connectivity index (χ1n) is 10.1. The van der Waals surface area contributed by atoms with Gasteiger partial charge in [0.2, 0.25) is 0 Å². The summed E-state index contributed by atoms with van der Waals surface area (Å²) in [5, 5.41) is 0. The van der Waals surface area contributed by atoms with Gasteiger partial charge in [-0.1, -0.05) is 69.2 Å². The van der Waals surface area contributed by atoms with Crippen LogP contribution in [0.2, 0.25) is 0 Å². The fourth-order valence-corrected chi connectivity index (χ4v) is 2.19. The Hall–Kier alpha value is -1.06. The number of carbonyl (C=O) groups excluding carboxylic acids is 2. The van der Waals surface area contributed by atoms with Crippen LogP contribution in [0, 0.1) is 28.1 Å². The molecule has 0 aliphatic rings. The van der Waals surface area contributed by atoms with Crippen LogP contribution in [0.3, 0.4) is 0 Å². The summed E-state index contributed by atoms with van der Waals surface area (Å²) in [5.74, 6) is 0.204. The van der Waals surface area contributed by atoms with Crippen LogP contribution in [-0.2, 0) is 19.1 Å². The van der Waals surface area contributed by atoms with Crippen molar-refractivity contribution < 1.29 is 19.1 Å². The summed E-state index contributed by atoms with van der Waals surface area (Å²) >= 11 is 0. The van der Waals surface area contributed by atoms with Gasteiger partial charge in [0.25, 0.3) is 0 Å². The highest BCUT2D eigenvalue weighted by molar-refractivity contribution is 5.83. The second kappa shape index (κ2) is 9.75. The molecule has 4 nitrogen and oxygen atoms in total. The summed E-state index contributed by atoms with van der Waals surface area (Å²) in [7, 11) is 0. The highest BCUT2D eigenvalue weighted by atomic mass is 16.5. The second-order valence-electron chi connectivity index (χ2n) is 9.69. The first-order valence-corrected chi connectivity index (χ1v) is 10.1. The Balaban J connectivity index is 4.97. The highest BCUT2D eigenvalue weighted by Crippen LogP contribution is 2.35. The van der Waals surface area contributed by atoms with Crippen molar-refractivity contribution in [3.63, 3.8) is 0 Å². The lowest BCUT2D eigenvalue weighted by Gasteiger charge is -2.33. The topological polar surface area (TPSA) is 52.6 Å². The number of esters is 2. The van der Waals surface area contributed by atoms with Crippen molar-refractivity contribution in [3.05, 3.63) is 0 Å². The van der Waals surface area contributed by atoms with Crippen molar-refractivity contribution in [3.8, 4) is 0 Å². The van der Waals surface area contributed by atoms with E-state index in [0.717, 1.165) is 0 Å².